The summed E-state index contributed by atoms with van der Waals surface area (Å²) in [6.07, 6.45) is -0.0712. The lowest BCUT2D eigenvalue weighted by Gasteiger charge is -2.34. The van der Waals surface area contributed by atoms with E-state index in [0.717, 1.165) is 11.4 Å². The van der Waals surface area contributed by atoms with E-state index in [4.69, 9.17) is 10.5 Å². The van der Waals surface area contributed by atoms with Gasteiger partial charge in [0.2, 0.25) is 5.91 Å². The fourth-order valence-electron chi connectivity index (χ4n) is 2.28. The molecule has 1 saturated heterocycles. The Hall–Kier alpha value is -1.40. The lowest BCUT2D eigenvalue weighted by atomic mass is 10.1. The second-order valence-corrected chi connectivity index (χ2v) is 5.19. The molecule has 0 radical (unpaired) electrons. The second-order valence-electron chi connectivity index (χ2n) is 5.19. The number of nitrogens with zero attached hydrogens (tertiary/aromatic N) is 3. The maximum atomic E-state index is 12.3. The van der Waals surface area contributed by atoms with Gasteiger partial charge >= 0.3 is 0 Å². The smallest absolute Gasteiger partial charge is 0.244 e. The van der Waals surface area contributed by atoms with Gasteiger partial charge in [0.1, 0.15) is 6.54 Å². The number of aryl methyl sites for hydroxylation is 2. The van der Waals surface area contributed by atoms with Crippen LogP contribution >= 0.6 is 0 Å². The summed E-state index contributed by atoms with van der Waals surface area (Å²) in [5, 5.41) is 4.31. The molecular formula is C13H22N4O2. The molecule has 1 amide bonds. The van der Waals surface area contributed by atoms with Gasteiger partial charge in [-0.2, -0.15) is 5.10 Å². The first-order valence-electron chi connectivity index (χ1n) is 6.63. The predicted octanol–water partition coefficient (Wildman–Crippen LogP) is 0.0745. The molecule has 0 saturated carbocycles. The van der Waals surface area contributed by atoms with Gasteiger partial charge in [-0.25, -0.2) is 0 Å². The van der Waals surface area contributed by atoms with E-state index < -0.39 is 0 Å². The normalized spacial score (nSPS) is 21.5. The highest BCUT2D eigenvalue weighted by molar-refractivity contribution is 5.76. The highest BCUT2D eigenvalue weighted by Gasteiger charge is 2.26. The van der Waals surface area contributed by atoms with E-state index in [2.05, 4.69) is 5.10 Å². The van der Waals surface area contributed by atoms with Gasteiger partial charge in [0.05, 0.1) is 18.4 Å². The molecule has 106 valence electrons. The zero-order valence-corrected chi connectivity index (χ0v) is 11.8. The number of rotatable bonds is 3. The summed E-state index contributed by atoms with van der Waals surface area (Å²) in [5.74, 6) is 0.0696. The van der Waals surface area contributed by atoms with E-state index in [-0.39, 0.29) is 24.6 Å². The SMILES string of the molecule is Cc1cc(C)n(CC(=O)N2CCOC(C(C)N)C2)n1. The van der Waals surface area contributed by atoms with Crippen molar-refractivity contribution in [3.05, 3.63) is 17.5 Å². The number of ether oxygens (including phenoxy) is 1. The van der Waals surface area contributed by atoms with Gasteiger partial charge in [-0.1, -0.05) is 0 Å². The fraction of sp³-hybridized carbons (Fsp3) is 0.692. The lowest BCUT2D eigenvalue weighted by molar-refractivity contribution is -0.140. The van der Waals surface area contributed by atoms with Crippen LogP contribution < -0.4 is 5.73 Å². The monoisotopic (exact) mass is 266 g/mol. The standard InChI is InChI=1S/C13H22N4O2/c1-9-6-10(2)17(15-9)8-13(18)16-4-5-19-12(7-16)11(3)14/h6,11-12H,4-5,7-8,14H2,1-3H3. The minimum Gasteiger partial charge on any atom is -0.373 e. The first kappa shape index (κ1) is 14.0. The van der Waals surface area contributed by atoms with Gasteiger partial charge in [-0.15, -0.1) is 0 Å². The Kier molecular flexibility index (Phi) is 4.21. The molecule has 1 fully saturated rings. The second kappa shape index (κ2) is 5.71. The van der Waals surface area contributed by atoms with Gasteiger partial charge in [0.25, 0.3) is 0 Å². The largest absolute Gasteiger partial charge is 0.373 e. The van der Waals surface area contributed by atoms with Crippen molar-refractivity contribution in [2.45, 2.75) is 39.5 Å². The van der Waals surface area contributed by atoms with E-state index >= 15 is 0 Å². The molecule has 2 atom stereocenters. The summed E-state index contributed by atoms with van der Waals surface area (Å²) in [4.78, 5) is 14.1. The molecule has 6 nitrogen and oxygen atoms in total. The zero-order valence-electron chi connectivity index (χ0n) is 11.8. The number of carbonyl (C=O) groups is 1. The number of hydrogen-bond acceptors (Lipinski definition) is 4. The molecular weight excluding hydrogens is 244 g/mol. The maximum Gasteiger partial charge on any atom is 0.244 e. The summed E-state index contributed by atoms with van der Waals surface area (Å²) in [7, 11) is 0. The molecule has 0 aliphatic carbocycles. The quantitative estimate of drug-likeness (QED) is 0.840. The molecule has 0 bridgehead atoms. The van der Waals surface area contributed by atoms with Crippen molar-refractivity contribution in [3.8, 4) is 0 Å². The average Bonchev–Trinajstić information content (AvgIpc) is 2.68. The minimum atomic E-state index is -0.0712. The van der Waals surface area contributed by atoms with Crippen LogP contribution in [0.3, 0.4) is 0 Å². The molecule has 1 aromatic heterocycles. The van der Waals surface area contributed by atoms with Crippen molar-refractivity contribution in [2.75, 3.05) is 19.7 Å². The molecule has 2 heterocycles. The molecule has 0 spiro atoms. The summed E-state index contributed by atoms with van der Waals surface area (Å²) in [6.45, 7) is 7.81. The summed E-state index contributed by atoms with van der Waals surface area (Å²) < 4.78 is 7.30. The third kappa shape index (κ3) is 3.33. The minimum absolute atomic E-state index is 0.0655. The molecule has 1 aromatic rings. The van der Waals surface area contributed by atoms with Crippen LogP contribution in [0.25, 0.3) is 0 Å². The van der Waals surface area contributed by atoms with Crippen LogP contribution in [0.15, 0.2) is 6.07 Å². The Morgan fingerprint density at radius 3 is 2.95 bits per heavy atom. The molecule has 1 aliphatic heterocycles. The summed E-state index contributed by atoms with van der Waals surface area (Å²) in [6, 6.07) is 1.90. The first-order valence-corrected chi connectivity index (χ1v) is 6.63. The number of carbonyl (C=O) groups excluding carboxylic acids is 1. The lowest BCUT2D eigenvalue weighted by Crippen LogP contribution is -2.52. The molecule has 19 heavy (non-hydrogen) atoms. The number of nitrogens with two attached hydrogens (primary N) is 1. The van der Waals surface area contributed by atoms with Crippen molar-refractivity contribution < 1.29 is 9.53 Å². The maximum absolute atomic E-state index is 12.3. The van der Waals surface area contributed by atoms with E-state index in [1.807, 2.05) is 31.7 Å². The summed E-state index contributed by atoms with van der Waals surface area (Å²) in [5.41, 5.74) is 7.76. The molecule has 6 heteroatoms. The Bertz CT molecular complexity index is 455. The predicted molar refractivity (Wildman–Crippen MR) is 71.7 cm³/mol. The van der Waals surface area contributed by atoms with E-state index in [1.54, 1.807) is 4.68 Å². The highest BCUT2D eigenvalue weighted by Crippen LogP contribution is 2.09. The molecule has 2 rings (SSSR count). The third-order valence-corrected chi connectivity index (χ3v) is 3.42. The zero-order chi connectivity index (χ0) is 14.0. The van der Waals surface area contributed by atoms with Crippen molar-refractivity contribution in [1.29, 1.82) is 0 Å². The van der Waals surface area contributed by atoms with Crippen molar-refractivity contribution in [2.24, 2.45) is 5.73 Å². The van der Waals surface area contributed by atoms with Crippen molar-refractivity contribution in [1.82, 2.24) is 14.7 Å². The molecule has 2 N–H and O–H groups in total. The average molecular weight is 266 g/mol. The van der Waals surface area contributed by atoms with Gasteiger partial charge < -0.3 is 15.4 Å². The van der Waals surface area contributed by atoms with Crippen LogP contribution in [0.1, 0.15) is 18.3 Å². The Balaban J connectivity index is 1.98. The van der Waals surface area contributed by atoms with Crippen LogP contribution in [0.4, 0.5) is 0 Å². The Labute approximate surface area is 113 Å². The molecule has 0 aromatic carbocycles. The number of morpholine rings is 1. The van der Waals surface area contributed by atoms with Crippen LogP contribution in [0.2, 0.25) is 0 Å². The molecule has 1 aliphatic rings. The van der Waals surface area contributed by atoms with Gasteiger partial charge in [-0.3, -0.25) is 9.48 Å². The van der Waals surface area contributed by atoms with Gasteiger partial charge in [0, 0.05) is 24.8 Å². The van der Waals surface area contributed by atoms with Gasteiger partial charge in [0.15, 0.2) is 0 Å². The van der Waals surface area contributed by atoms with Crippen LogP contribution in [-0.4, -0.2) is 52.4 Å². The van der Waals surface area contributed by atoms with Crippen LogP contribution in [-0.2, 0) is 16.1 Å². The van der Waals surface area contributed by atoms with Crippen molar-refractivity contribution in [3.63, 3.8) is 0 Å². The van der Waals surface area contributed by atoms with Crippen LogP contribution in [0, 0.1) is 13.8 Å². The van der Waals surface area contributed by atoms with Crippen molar-refractivity contribution >= 4 is 5.91 Å². The summed E-state index contributed by atoms with van der Waals surface area (Å²) >= 11 is 0. The highest BCUT2D eigenvalue weighted by atomic mass is 16.5. The number of amides is 1. The topological polar surface area (TPSA) is 73.4 Å². The fourth-order valence-corrected chi connectivity index (χ4v) is 2.28. The van der Waals surface area contributed by atoms with E-state index in [0.29, 0.717) is 19.7 Å². The third-order valence-electron chi connectivity index (χ3n) is 3.42. The number of hydrogen-bond donors (Lipinski definition) is 1. The Morgan fingerprint density at radius 2 is 2.37 bits per heavy atom. The number of aromatic nitrogens is 2. The first-order chi connectivity index (χ1) is 8.97. The van der Waals surface area contributed by atoms with Gasteiger partial charge in [-0.05, 0) is 26.8 Å². The van der Waals surface area contributed by atoms with E-state index in [9.17, 15) is 4.79 Å². The Morgan fingerprint density at radius 1 is 1.63 bits per heavy atom. The van der Waals surface area contributed by atoms with E-state index in [1.165, 1.54) is 0 Å². The molecule has 2 unspecified atom stereocenters. The van der Waals surface area contributed by atoms with Crippen LogP contribution in [0.5, 0.6) is 0 Å².